The van der Waals surface area contributed by atoms with E-state index in [2.05, 4.69) is 24.1 Å². The van der Waals surface area contributed by atoms with Crippen LogP contribution in [0, 0.1) is 12.3 Å². The molecule has 4 nitrogen and oxygen atoms in total. The van der Waals surface area contributed by atoms with Crippen LogP contribution in [0.25, 0.3) is 0 Å². The van der Waals surface area contributed by atoms with Crippen molar-refractivity contribution in [2.24, 2.45) is 5.41 Å². The van der Waals surface area contributed by atoms with E-state index in [4.69, 9.17) is 10.7 Å². The molecule has 0 amide bonds. The third-order valence-electron chi connectivity index (χ3n) is 4.45. The molecule has 1 unspecified atom stereocenters. The van der Waals surface area contributed by atoms with Crippen LogP contribution in [0.2, 0.25) is 0 Å². The van der Waals surface area contributed by atoms with E-state index in [1.165, 1.54) is 32.1 Å². The summed E-state index contributed by atoms with van der Waals surface area (Å²) in [6.45, 7) is 6.69. The van der Waals surface area contributed by atoms with Crippen LogP contribution in [-0.2, 0) is 0 Å². The summed E-state index contributed by atoms with van der Waals surface area (Å²) in [5, 5.41) is 3.60. The van der Waals surface area contributed by atoms with Gasteiger partial charge in [0.05, 0.1) is 0 Å². The number of hydrogen-bond donors (Lipinski definition) is 2. The molecule has 2 saturated carbocycles. The summed E-state index contributed by atoms with van der Waals surface area (Å²) in [5.41, 5.74) is 7.47. The number of aromatic nitrogens is 2. The van der Waals surface area contributed by atoms with Crippen molar-refractivity contribution in [3.63, 3.8) is 0 Å². The van der Waals surface area contributed by atoms with Crippen LogP contribution in [0.15, 0.2) is 0 Å². The van der Waals surface area contributed by atoms with Gasteiger partial charge in [0.15, 0.2) is 0 Å². The van der Waals surface area contributed by atoms with Crippen LogP contribution < -0.4 is 11.1 Å². The zero-order chi connectivity index (χ0) is 13.6. The Morgan fingerprint density at radius 1 is 1.21 bits per heavy atom. The third kappa shape index (κ3) is 2.67. The molecule has 2 aliphatic carbocycles. The number of nitrogens with one attached hydrogen (secondary N) is 1. The maximum absolute atomic E-state index is 6.02. The highest BCUT2D eigenvalue weighted by molar-refractivity contribution is 5.55. The molecule has 0 radical (unpaired) electrons. The molecule has 2 aliphatic rings. The van der Waals surface area contributed by atoms with E-state index in [0.717, 1.165) is 17.2 Å². The largest absolute Gasteiger partial charge is 0.383 e. The molecule has 104 valence electrons. The summed E-state index contributed by atoms with van der Waals surface area (Å²) in [6, 6.07) is 0.523. The molecule has 1 aromatic heterocycles. The van der Waals surface area contributed by atoms with Crippen LogP contribution in [0.3, 0.4) is 0 Å². The zero-order valence-corrected chi connectivity index (χ0v) is 12.2. The fourth-order valence-electron chi connectivity index (χ4n) is 2.97. The lowest BCUT2D eigenvalue weighted by Crippen LogP contribution is -2.20. The van der Waals surface area contributed by atoms with Crippen LogP contribution in [0.5, 0.6) is 0 Å². The number of hydrogen-bond acceptors (Lipinski definition) is 4. The van der Waals surface area contributed by atoms with Gasteiger partial charge in [-0.2, -0.15) is 0 Å². The molecule has 1 heterocycles. The van der Waals surface area contributed by atoms with Crippen molar-refractivity contribution in [3.05, 3.63) is 11.4 Å². The molecule has 0 bridgehead atoms. The molecule has 1 atom stereocenters. The lowest BCUT2D eigenvalue weighted by Gasteiger charge is -2.19. The molecule has 19 heavy (non-hydrogen) atoms. The summed E-state index contributed by atoms with van der Waals surface area (Å²) < 4.78 is 0. The molecule has 0 saturated heterocycles. The number of nitrogen functional groups attached to an aromatic ring is 1. The second-order valence-electron chi connectivity index (χ2n) is 6.96. The Balaban J connectivity index is 1.80. The Morgan fingerprint density at radius 3 is 2.53 bits per heavy atom. The summed E-state index contributed by atoms with van der Waals surface area (Å²) in [5.74, 6) is 3.07. The summed E-state index contributed by atoms with van der Waals surface area (Å²) >= 11 is 0. The topological polar surface area (TPSA) is 63.8 Å². The molecule has 0 spiro atoms. The first-order valence-electron chi connectivity index (χ1n) is 7.35. The Hall–Kier alpha value is -1.32. The van der Waals surface area contributed by atoms with Crippen molar-refractivity contribution in [2.75, 3.05) is 11.1 Å². The highest BCUT2D eigenvalue weighted by Crippen LogP contribution is 2.41. The van der Waals surface area contributed by atoms with Gasteiger partial charge in [-0.05, 0) is 44.4 Å². The molecule has 0 aromatic carbocycles. The van der Waals surface area contributed by atoms with Crippen molar-refractivity contribution < 1.29 is 0 Å². The van der Waals surface area contributed by atoms with Crippen LogP contribution in [0.1, 0.15) is 63.3 Å². The molecular formula is C15H24N4. The van der Waals surface area contributed by atoms with Gasteiger partial charge in [0.2, 0.25) is 0 Å². The normalized spacial score (nSPS) is 25.5. The van der Waals surface area contributed by atoms with E-state index in [-0.39, 0.29) is 0 Å². The van der Waals surface area contributed by atoms with Gasteiger partial charge in [-0.15, -0.1) is 0 Å². The van der Waals surface area contributed by atoms with E-state index in [9.17, 15) is 0 Å². The van der Waals surface area contributed by atoms with E-state index >= 15 is 0 Å². The fraction of sp³-hybridized carbons (Fsp3) is 0.733. The minimum absolute atomic E-state index is 0.448. The molecule has 4 heteroatoms. The van der Waals surface area contributed by atoms with E-state index in [1.54, 1.807) is 0 Å². The minimum atomic E-state index is 0.448. The van der Waals surface area contributed by atoms with Crippen LogP contribution in [-0.4, -0.2) is 16.0 Å². The average molecular weight is 260 g/mol. The zero-order valence-electron chi connectivity index (χ0n) is 12.2. The van der Waals surface area contributed by atoms with Crippen molar-refractivity contribution in [3.8, 4) is 0 Å². The monoisotopic (exact) mass is 260 g/mol. The van der Waals surface area contributed by atoms with Gasteiger partial charge in [-0.1, -0.05) is 13.8 Å². The lowest BCUT2D eigenvalue weighted by atomic mass is 9.92. The van der Waals surface area contributed by atoms with Gasteiger partial charge in [0.25, 0.3) is 0 Å². The SMILES string of the molecule is Cc1c(N)nc(C2CC2)nc1NC1CCC(C)(C)C1. The number of anilines is 2. The van der Waals surface area contributed by atoms with Gasteiger partial charge in [-0.3, -0.25) is 0 Å². The average Bonchev–Trinajstić information content (AvgIpc) is 3.11. The molecular weight excluding hydrogens is 236 g/mol. The first kappa shape index (κ1) is 12.7. The summed E-state index contributed by atoms with van der Waals surface area (Å²) in [6.07, 6.45) is 6.11. The number of nitrogens with zero attached hydrogens (tertiary/aromatic N) is 2. The van der Waals surface area contributed by atoms with Crippen molar-refractivity contribution in [2.45, 2.75) is 64.8 Å². The van der Waals surface area contributed by atoms with Gasteiger partial charge >= 0.3 is 0 Å². The number of rotatable bonds is 3. The molecule has 3 rings (SSSR count). The van der Waals surface area contributed by atoms with Crippen molar-refractivity contribution >= 4 is 11.6 Å². The Labute approximate surface area is 115 Å². The molecule has 2 fully saturated rings. The lowest BCUT2D eigenvalue weighted by molar-refractivity contribution is 0.378. The van der Waals surface area contributed by atoms with Crippen LogP contribution in [0.4, 0.5) is 11.6 Å². The first-order chi connectivity index (χ1) is 8.94. The fourth-order valence-corrected chi connectivity index (χ4v) is 2.97. The quantitative estimate of drug-likeness (QED) is 0.875. The highest BCUT2D eigenvalue weighted by atomic mass is 15.1. The number of nitrogens with two attached hydrogens (primary N) is 1. The Bertz CT molecular complexity index is 491. The minimum Gasteiger partial charge on any atom is -0.383 e. The summed E-state index contributed by atoms with van der Waals surface area (Å²) in [7, 11) is 0. The summed E-state index contributed by atoms with van der Waals surface area (Å²) in [4.78, 5) is 9.13. The maximum atomic E-state index is 6.02. The first-order valence-corrected chi connectivity index (χ1v) is 7.35. The third-order valence-corrected chi connectivity index (χ3v) is 4.45. The smallest absolute Gasteiger partial charge is 0.136 e. The molecule has 3 N–H and O–H groups in total. The van der Waals surface area contributed by atoms with Crippen LogP contribution >= 0.6 is 0 Å². The standard InChI is InChI=1S/C15H24N4/c1-9-12(16)18-14(10-4-5-10)19-13(9)17-11-6-7-15(2,3)8-11/h10-11H,4-8H2,1-3H3,(H3,16,17,18,19). The predicted octanol–water partition coefficient (Wildman–Crippen LogP) is 3.24. The maximum Gasteiger partial charge on any atom is 0.136 e. The molecule has 1 aromatic rings. The second kappa shape index (κ2) is 4.36. The van der Waals surface area contributed by atoms with Gasteiger partial charge in [-0.25, -0.2) is 9.97 Å². The predicted molar refractivity (Wildman–Crippen MR) is 78.2 cm³/mol. The second-order valence-corrected chi connectivity index (χ2v) is 6.96. The van der Waals surface area contributed by atoms with Crippen molar-refractivity contribution in [1.29, 1.82) is 0 Å². The van der Waals surface area contributed by atoms with Crippen molar-refractivity contribution in [1.82, 2.24) is 9.97 Å². The van der Waals surface area contributed by atoms with E-state index < -0.39 is 0 Å². The Kier molecular flexibility index (Phi) is 2.91. The van der Waals surface area contributed by atoms with Gasteiger partial charge in [0.1, 0.15) is 17.5 Å². The molecule has 0 aliphatic heterocycles. The highest BCUT2D eigenvalue weighted by Gasteiger charge is 2.32. The van der Waals surface area contributed by atoms with E-state index in [1.807, 2.05) is 6.92 Å². The van der Waals surface area contributed by atoms with Gasteiger partial charge < -0.3 is 11.1 Å². The van der Waals surface area contributed by atoms with Gasteiger partial charge in [0, 0.05) is 17.5 Å². The van der Waals surface area contributed by atoms with E-state index in [0.29, 0.717) is 23.2 Å². The Morgan fingerprint density at radius 2 is 1.95 bits per heavy atom.